The first kappa shape index (κ1) is 17.1. The number of anilines is 1. The zero-order valence-corrected chi connectivity index (χ0v) is 15.0. The summed E-state index contributed by atoms with van der Waals surface area (Å²) in [6, 6.07) is 16.0. The molecule has 0 aliphatic heterocycles. The number of ether oxygens (including phenoxy) is 1. The summed E-state index contributed by atoms with van der Waals surface area (Å²) >= 11 is 0. The molecule has 27 heavy (non-hydrogen) atoms. The molecule has 1 aromatic heterocycles. The molecular formula is C21H22N4O2. The lowest BCUT2D eigenvalue weighted by Crippen LogP contribution is -2.30. The van der Waals surface area contributed by atoms with Crippen molar-refractivity contribution in [1.29, 1.82) is 0 Å². The maximum absolute atomic E-state index is 11.8. The summed E-state index contributed by atoms with van der Waals surface area (Å²) in [6.07, 6.45) is 7.60. The number of para-hydroxylation sites is 1. The SMILES string of the molecule is O=C(Nc1ccc(-c2ccccc2OCCn2ccnc2)cc1)NC1CC1. The van der Waals surface area contributed by atoms with Crippen molar-refractivity contribution in [3.8, 4) is 16.9 Å². The zero-order chi connectivity index (χ0) is 18.5. The summed E-state index contributed by atoms with van der Waals surface area (Å²) in [7, 11) is 0. The van der Waals surface area contributed by atoms with E-state index in [1.807, 2.05) is 59.3 Å². The van der Waals surface area contributed by atoms with Gasteiger partial charge in [-0.1, -0.05) is 30.3 Å². The molecule has 6 nitrogen and oxygen atoms in total. The molecule has 0 radical (unpaired) electrons. The third kappa shape index (κ3) is 4.67. The Morgan fingerprint density at radius 1 is 1.15 bits per heavy atom. The maximum atomic E-state index is 11.8. The third-order valence-corrected chi connectivity index (χ3v) is 4.42. The fourth-order valence-electron chi connectivity index (χ4n) is 2.82. The molecule has 4 rings (SSSR count). The topological polar surface area (TPSA) is 68.2 Å². The van der Waals surface area contributed by atoms with Crippen molar-refractivity contribution in [1.82, 2.24) is 14.9 Å². The van der Waals surface area contributed by atoms with E-state index >= 15 is 0 Å². The van der Waals surface area contributed by atoms with Gasteiger partial charge in [-0.2, -0.15) is 0 Å². The van der Waals surface area contributed by atoms with Crippen LogP contribution in [0, 0.1) is 0 Å². The number of aromatic nitrogens is 2. The van der Waals surface area contributed by atoms with Gasteiger partial charge < -0.3 is 19.9 Å². The summed E-state index contributed by atoms with van der Waals surface area (Å²) in [4.78, 5) is 15.9. The Balaban J connectivity index is 1.40. The average Bonchev–Trinajstić information content (AvgIpc) is 3.34. The van der Waals surface area contributed by atoms with Gasteiger partial charge >= 0.3 is 6.03 Å². The smallest absolute Gasteiger partial charge is 0.319 e. The van der Waals surface area contributed by atoms with Crippen LogP contribution in [-0.2, 0) is 6.54 Å². The Bertz CT molecular complexity index is 887. The minimum absolute atomic E-state index is 0.145. The number of nitrogens with one attached hydrogen (secondary N) is 2. The first-order valence-electron chi connectivity index (χ1n) is 9.13. The Labute approximate surface area is 158 Å². The Morgan fingerprint density at radius 3 is 2.70 bits per heavy atom. The number of carbonyl (C=O) groups excluding carboxylic acids is 1. The number of nitrogens with zero attached hydrogens (tertiary/aromatic N) is 2. The van der Waals surface area contributed by atoms with E-state index in [0.29, 0.717) is 12.6 Å². The molecule has 1 saturated carbocycles. The molecule has 0 atom stereocenters. The number of hydrogen-bond donors (Lipinski definition) is 2. The Morgan fingerprint density at radius 2 is 1.96 bits per heavy atom. The summed E-state index contributed by atoms with van der Waals surface area (Å²) in [5.41, 5.74) is 2.84. The molecule has 1 fully saturated rings. The standard InChI is InChI=1S/C21H22N4O2/c26-21(24-18-9-10-18)23-17-7-5-16(6-8-17)19-3-1-2-4-20(19)27-14-13-25-12-11-22-15-25/h1-8,11-12,15,18H,9-10,13-14H2,(H2,23,24,26). The van der Waals surface area contributed by atoms with Crippen LogP contribution in [0.2, 0.25) is 0 Å². The number of amides is 2. The predicted molar refractivity (Wildman–Crippen MR) is 105 cm³/mol. The van der Waals surface area contributed by atoms with Crippen LogP contribution < -0.4 is 15.4 Å². The molecule has 6 heteroatoms. The van der Waals surface area contributed by atoms with Gasteiger partial charge in [0.15, 0.2) is 0 Å². The normalized spacial score (nSPS) is 13.2. The highest BCUT2D eigenvalue weighted by Crippen LogP contribution is 2.30. The van der Waals surface area contributed by atoms with Crippen molar-refractivity contribution in [2.24, 2.45) is 0 Å². The molecule has 1 aliphatic rings. The van der Waals surface area contributed by atoms with E-state index in [4.69, 9.17) is 4.74 Å². The lowest BCUT2D eigenvalue weighted by molar-refractivity contribution is 0.251. The molecule has 2 amide bonds. The second-order valence-corrected chi connectivity index (χ2v) is 6.60. The number of hydrogen-bond acceptors (Lipinski definition) is 3. The van der Waals surface area contributed by atoms with Crippen LogP contribution in [0.25, 0.3) is 11.1 Å². The lowest BCUT2D eigenvalue weighted by atomic mass is 10.0. The van der Waals surface area contributed by atoms with Crippen LogP contribution in [0.4, 0.5) is 10.5 Å². The number of imidazole rings is 1. The minimum Gasteiger partial charge on any atom is -0.491 e. The first-order valence-corrected chi connectivity index (χ1v) is 9.13. The van der Waals surface area contributed by atoms with Gasteiger partial charge in [0.2, 0.25) is 0 Å². The van der Waals surface area contributed by atoms with Crippen molar-refractivity contribution in [2.45, 2.75) is 25.4 Å². The van der Waals surface area contributed by atoms with Gasteiger partial charge in [-0.25, -0.2) is 9.78 Å². The summed E-state index contributed by atoms with van der Waals surface area (Å²) in [5, 5.41) is 5.78. The van der Waals surface area contributed by atoms with Crippen LogP contribution in [0.15, 0.2) is 67.3 Å². The van der Waals surface area contributed by atoms with Crippen LogP contribution >= 0.6 is 0 Å². The van der Waals surface area contributed by atoms with Gasteiger partial charge in [0.05, 0.1) is 12.9 Å². The number of benzene rings is 2. The number of urea groups is 1. The molecule has 0 unspecified atom stereocenters. The zero-order valence-electron chi connectivity index (χ0n) is 15.0. The molecule has 138 valence electrons. The molecular weight excluding hydrogens is 340 g/mol. The molecule has 0 saturated heterocycles. The van der Waals surface area contributed by atoms with Crippen LogP contribution in [0.5, 0.6) is 5.75 Å². The van der Waals surface area contributed by atoms with E-state index in [1.165, 1.54) is 0 Å². The molecule has 0 bridgehead atoms. The molecule has 0 spiro atoms. The van der Waals surface area contributed by atoms with Crippen LogP contribution in [-0.4, -0.2) is 28.2 Å². The van der Waals surface area contributed by atoms with Crippen molar-refractivity contribution in [3.63, 3.8) is 0 Å². The fourth-order valence-corrected chi connectivity index (χ4v) is 2.82. The third-order valence-electron chi connectivity index (χ3n) is 4.42. The van der Waals surface area contributed by atoms with E-state index in [2.05, 4.69) is 15.6 Å². The van der Waals surface area contributed by atoms with Crippen LogP contribution in [0.3, 0.4) is 0 Å². The molecule has 2 aromatic carbocycles. The van der Waals surface area contributed by atoms with E-state index in [-0.39, 0.29) is 6.03 Å². The van der Waals surface area contributed by atoms with Crippen molar-refractivity contribution < 1.29 is 9.53 Å². The second kappa shape index (κ2) is 7.95. The lowest BCUT2D eigenvalue weighted by Gasteiger charge is -2.13. The van der Waals surface area contributed by atoms with Gasteiger partial charge in [0.1, 0.15) is 12.4 Å². The van der Waals surface area contributed by atoms with Gasteiger partial charge in [-0.05, 0) is 36.6 Å². The van der Waals surface area contributed by atoms with Gasteiger partial charge in [0.25, 0.3) is 0 Å². The highest BCUT2D eigenvalue weighted by Gasteiger charge is 2.23. The van der Waals surface area contributed by atoms with Crippen LogP contribution in [0.1, 0.15) is 12.8 Å². The highest BCUT2D eigenvalue weighted by atomic mass is 16.5. The van der Waals surface area contributed by atoms with Crippen molar-refractivity contribution in [2.75, 3.05) is 11.9 Å². The van der Waals surface area contributed by atoms with E-state index in [1.54, 1.807) is 12.5 Å². The molecule has 3 aromatic rings. The first-order chi connectivity index (χ1) is 13.3. The van der Waals surface area contributed by atoms with Gasteiger partial charge in [-0.15, -0.1) is 0 Å². The highest BCUT2D eigenvalue weighted by molar-refractivity contribution is 5.90. The average molecular weight is 362 g/mol. The monoisotopic (exact) mass is 362 g/mol. The number of carbonyl (C=O) groups is 1. The summed E-state index contributed by atoms with van der Waals surface area (Å²) < 4.78 is 7.96. The largest absolute Gasteiger partial charge is 0.491 e. The van der Waals surface area contributed by atoms with Crippen molar-refractivity contribution >= 4 is 11.7 Å². The van der Waals surface area contributed by atoms with E-state index in [0.717, 1.165) is 42.0 Å². The minimum atomic E-state index is -0.145. The van der Waals surface area contributed by atoms with E-state index < -0.39 is 0 Å². The Hall–Kier alpha value is -3.28. The molecule has 2 N–H and O–H groups in total. The fraction of sp³-hybridized carbons (Fsp3) is 0.238. The number of rotatable bonds is 7. The molecule has 1 aliphatic carbocycles. The Kier molecular flexibility index (Phi) is 5.05. The predicted octanol–water partition coefficient (Wildman–Crippen LogP) is 3.91. The summed E-state index contributed by atoms with van der Waals surface area (Å²) in [5.74, 6) is 0.838. The summed E-state index contributed by atoms with van der Waals surface area (Å²) in [6.45, 7) is 1.31. The molecule has 1 heterocycles. The maximum Gasteiger partial charge on any atom is 0.319 e. The van der Waals surface area contributed by atoms with Gasteiger partial charge in [0, 0.05) is 29.7 Å². The quantitative estimate of drug-likeness (QED) is 0.669. The second-order valence-electron chi connectivity index (χ2n) is 6.60. The van der Waals surface area contributed by atoms with E-state index in [9.17, 15) is 4.79 Å². The van der Waals surface area contributed by atoms with Crippen molar-refractivity contribution in [3.05, 3.63) is 67.3 Å². The van der Waals surface area contributed by atoms with Gasteiger partial charge in [-0.3, -0.25) is 0 Å².